The van der Waals surface area contributed by atoms with Gasteiger partial charge in [-0.2, -0.15) is 0 Å². The second-order valence-electron chi connectivity index (χ2n) is 5.11. The molecule has 116 valence electrons. The van der Waals surface area contributed by atoms with Gasteiger partial charge >= 0.3 is 0 Å². The highest BCUT2D eigenvalue weighted by molar-refractivity contribution is 9.10. The van der Waals surface area contributed by atoms with Gasteiger partial charge in [0.25, 0.3) is 5.91 Å². The van der Waals surface area contributed by atoms with Crippen LogP contribution in [-0.4, -0.2) is 44.6 Å². The van der Waals surface area contributed by atoms with Crippen LogP contribution in [0.2, 0.25) is 5.02 Å². The molecular weight excluding hydrogens is 380 g/mol. The van der Waals surface area contributed by atoms with Crippen molar-refractivity contribution in [2.45, 2.75) is 18.9 Å². The Balaban J connectivity index is 2.00. The lowest BCUT2D eigenvalue weighted by Gasteiger charge is -2.32. The number of rotatable bonds is 3. The first kappa shape index (κ1) is 16.7. The molecule has 1 aromatic rings. The summed E-state index contributed by atoms with van der Waals surface area (Å²) in [6.07, 6.45) is 2.37. The summed E-state index contributed by atoms with van der Waals surface area (Å²) >= 11 is 9.27. The Hall–Kier alpha value is -0.630. The van der Waals surface area contributed by atoms with Crippen molar-refractivity contribution in [1.29, 1.82) is 0 Å². The van der Waals surface area contributed by atoms with E-state index >= 15 is 0 Å². The highest BCUT2D eigenvalue weighted by Crippen LogP contribution is 2.22. The van der Waals surface area contributed by atoms with E-state index in [1.54, 1.807) is 23.1 Å². The molecule has 2 rings (SSSR count). The number of halogens is 2. The van der Waals surface area contributed by atoms with E-state index < -0.39 is 10.0 Å². The molecule has 0 radical (unpaired) electrons. The third-order valence-electron chi connectivity index (χ3n) is 3.27. The van der Waals surface area contributed by atoms with Crippen molar-refractivity contribution in [3.63, 3.8) is 0 Å². The van der Waals surface area contributed by atoms with Crippen LogP contribution in [0.5, 0.6) is 0 Å². The SMILES string of the molecule is CS(=O)(=O)NC1CCN(C(=O)c2cc(Cl)cc(Br)c2)CC1. The van der Waals surface area contributed by atoms with Gasteiger partial charge in [0.05, 0.1) is 6.26 Å². The van der Waals surface area contributed by atoms with Gasteiger partial charge in [-0.05, 0) is 31.0 Å². The third kappa shape index (κ3) is 4.95. The first-order valence-corrected chi connectivity index (χ1v) is 9.53. The molecule has 0 bridgehead atoms. The fraction of sp³-hybridized carbons (Fsp3) is 0.462. The Bertz CT molecular complexity index is 623. The van der Waals surface area contributed by atoms with Gasteiger partial charge in [0, 0.05) is 34.2 Å². The zero-order valence-electron chi connectivity index (χ0n) is 11.5. The Morgan fingerprint density at radius 1 is 1.33 bits per heavy atom. The number of carbonyl (C=O) groups excluding carboxylic acids is 1. The van der Waals surface area contributed by atoms with Crippen LogP contribution in [-0.2, 0) is 10.0 Å². The summed E-state index contributed by atoms with van der Waals surface area (Å²) < 4.78 is 25.7. The molecule has 1 aromatic carbocycles. The van der Waals surface area contributed by atoms with E-state index in [2.05, 4.69) is 20.7 Å². The predicted molar refractivity (Wildman–Crippen MR) is 86.1 cm³/mol. The van der Waals surface area contributed by atoms with Crippen molar-refractivity contribution in [2.75, 3.05) is 19.3 Å². The van der Waals surface area contributed by atoms with Gasteiger partial charge in [-0.15, -0.1) is 0 Å². The molecule has 1 heterocycles. The minimum Gasteiger partial charge on any atom is -0.339 e. The lowest BCUT2D eigenvalue weighted by molar-refractivity contribution is 0.0711. The van der Waals surface area contributed by atoms with Crippen LogP contribution in [0.1, 0.15) is 23.2 Å². The topological polar surface area (TPSA) is 66.5 Å². The van der Waals surface area contributed by atoms with Crippen LogP contribution in [0, 0.1) is 0 Å². The van der Waals surface area contributed by atoms with Crippen LogP contribution in [0.25, 0.3) is 0 Å². The minimum atomic E-state index is -3.20. The van der Waals surface area contributed by atoms with Gasteiger partial charge in [0.15, 0.2) is 0 Å². The third-order valence-corrected chi connectivity index (χ3v) is 4.71. The van der Waals surface area contributed by atoms with Crippen LogP contribution >= 0.6 is 27.5 Å². The van der Waals surface area contributed by atoms with Gasteiger partial charge in [-0.25, -0.2) is 13.1 Å². The molecule has 1 fully saturated rings. The highest BCUT2D eigenvalue weighted by Gasteiger charge is 2.25. The maximum atomic E-state index is 12.4. The van der Waals surface area contributed by atoms with Gasteiger partial charge in [-0.1, -0.05) is 27.5 Å². The van der Waals surface area contributed by atoms with E-state index in [9.17, 15) is 13.2 Å². The number of hydrogen-bond donors (Lipinski definition) is 1. The molecule has 0 aromatic heterocycles. The molecule has 1 amide bonds. The average Bonchev–Trinajstić information content (AvgIpc) is 2.35. The Morgan fingerprint density at radius 3 is 2.48 bits per heavy atom. The normalized spacial score (nSPS) is 17.0. The highest BCUT2D eigenvalue weighted by atomic mass is 79.9. The van der Waals surface area contributed by atoms with E-state index in [-0.39, 0.29) is 11.9 Å². The largest absolute Gasteiger partial charge is 0.339 e. The summed E-state index contributed by atoms with van der Waals surface area (Å²) in [4.78, 5) is 14.1. The molecule has 0 unspecified atom stereocenters. The molecule has 0 spiro atoms. The summed E-state index contributed by atoms with van der Waals surface area (Å²) in [7, 11) is -3.20. The minimum absolute atomic E-state index is 0.0870. The molecule has 8 heteroatoms. The monoisotopic (exact) mass is 394 g/mol. The number of carbonyl (C=O) groups is 1. The number of nitrogens with zero attached hydrogens (tertiary/aromatic N) is 1. The lowest BCUT2D eigenvalue weighted by Crippen LogP contribution is -2.46. The number of hydrogen-bond acceptors (Lipinski definition) is 3. The van der Waals surface area contributed by atoms with E-state index in [0.717, 1.165) is 10.7 Å². The maximum absolute atomic E-state index is 12.4. The lowest BCUT2D eigenvalue weighted by atomic mass is 10.0. The van der Waals surface area contributed by atoms with Gasteiger partial charge in [0.1, 0.15) is 0 Å². The summed E-state index contributed by atoms with van der Waals surface area (Å²) in [5.74, 6) is -0.0870. The Kier molecular flexibility index (Phi) is 5.29. The number of piperidine rings is 1. The van der Waals surface area contributed by atoms with Gasteiger partial charge in [-0.3, -0.25) is 4.79 Å². The second-order valence-corrected chi connectivity index (χ2v) is 8.25. The summed E-state index contributed by atoms with van der Waals surface area (Å²) in [5, 5.41) is 0.501. The molecule has 1 N–H and O–H groups in total. The number of nitrogens with one attached hydrogen (secondary N) is 1. The Labute approximate surface area is 137 Å². The van der Waals surface area contributed by atoms with Gasteiger partial charge in [0.2, 0.25) is 10.0 Å². The number of benzene rings is 1. The van der Waals surface area contributed by atoms with E-state index in [1.807, 2.05) is 0 Å². The van der Waals surface area contributed by atoms with E-state index in [4.69, 9.17) is 11.6 Å². The van der Waals surface area contributed by atoms with Crippen molar-refractivity contribution in [3.8, 4) is 0 Å². The summed E-state index contributed by atoms with van der Waals surface area (Å²) in [6, 6.07) is 4.99. The zero-order chi connectivity index (χ0) is 15.6. The van der Waals surface area contributed by atoms with Crippen molar-refractivity contribution in [2.24, 2.45) is 0 Å². The summed E-state index contributed by atoms with van der Waals surface area (Å²) in [5.41, 5.74) is 0.531. The molecule has 0 saturated carbocycles. The predicted octanol–water partition coefficient (Wildman–Crippen LogP) is 2.26. The van der Waals surface area contributed by atoms with Crippen molar-refractivity contribution >= 4 is 43.5 Å². The Morgan fingerprint density at radius 2 is 1.95 bits per heavy atom. The average molecular weight is 396 g/mol. The van der Waals surface area contributed by atoms with Crippen LogP contribution in [0.4, 0.5) is 0 Å². The standard InChI is InChI=1S/C13H16BrClN2O3S/c1-21(19,20)16-12-2-4-17(5-3-12)13(18)9-6-10(14)8-11(15)7-9/h6-8,12,16H,2-5H2,1H3. The summed E-state index contributed by atoms with van der Waals surface area (Å²) in [6.45, 7) is 1.05. The molecule has 0 aliphatic carbocycles. The van der Waals surface area contributed by atoms with Crippen molar-refractivity contribution in [1.82, 2.24) is 9.62 Å². The van der Waals surface area contributed by atoms with Crippen LogP contribution in [0.3, 0.4) is 0 Å². The molecule has 1 aliphatic heterocycles. The number of amides is 1. The fourth-order valence-electron chi connectivity index (χ4n) is 2.36. The molecule has 21 heavy (non-hydrogen) atoms. The molecular formula is C13H16BrClN2O3S. The molecule has 0 atom stereocenters. The first-order valence-electron chi connectivity index (χ1n) is 6.47. The fourth-order valence-corrected chi connectivity index (χ4v) is 4.06. The molecule has 5 nitrogen and oxygen atoms in total. The first-order chi connectivity index (χ1) is 9.74. The second kappa shape index (κ2) is 6.64. The van der Waals surface area contributed by atoms with E-state index in [1.165, 1.54) is 0 Å². The molecule has 1 aliphatic rings. The maximum Gasteiger partial charge on any atom is 0.253 e. The molecule has 1 saturated heterocycles. The number of sulfonamides is 1. The quantitative estimate of drug-likeness (QED) is 0.853. The van der Waals surface area contributed by atoms with Gasteiger partial charge < -0.3 is 4.90 Å². The van der Waals surface area contributed by atoms with Crippen LogP contribution in [0.15, 0.2) is 22.7 Å². The number of likely N-dealkylation sites (tertiary alicyclic amines) is 1. The van der Waals surface area contributed by atoms with Crippen LogP contribution < -0.4 is 4.72 Å². The van der Waals surface area contributed by atoms with Crippen molar-refractivity contribution < 1.29 is 13.2 Å². The zero-order valence-corrected chi connectivity index (χ0v) is 14.6. The van der Waals surface area contributed by atoms with Crippen molar-refractivity contribution in [3.05, 3.63) is 33.3 Å². The smallest absolute Gasteiger partial charge is 0.253 e. The van der Waals surface area contributed by atoms with E-state index in [0.29, 0.717) is 36.5 Å².